The van der Waals surface area contributed by atoms with Gasteiger partial charge in [0.15, 0.2) is 0 Å². The predicted octanol–water partition coefficient (Wildman–Crippen LogP) is 1.93. The molecule has 0 aliphatic carbocycles. The third kappa shape index (κ3) is 3.58. The average Bonchev–Trinajstić information content (AvgIpc) is 3.00. The van der Waals surface area contributed by atoms with Crippen LogP contribution in [0.25, 0.3) is 0 Å². The van der Waals surface area contributed by atoms with Crippen LogP contribution in [0, 0.1) is 6.92 Å². The number of aromatic nitrogens is 3. The molecule has 3 rings (SSSR count). The van der Waals surface area contributed by atoms with E-state index in [1.807, 2.05) is 11.8 Å². The zero-order valence-electron chi connectivity index (χ0n) is 13.1. The number of rotatable bonds is 4. The fourth-order valence-corrected chi connectivity index (χ4v) is 3.30. The van der Waals surface area contributed by atoms with Crippen molar-refractivity contribution < 1.29 is 14.3 Å². The van der Waals surface area contributed by atoms with Crippen molar-refractivity contribution in [3.05, 3.63) is 28.5 Å². The van der Waals surface area contributed by atoms with Crippen molar-refractivity contribution in [2.45, 2.75) is 25.9 Å². The number of thiazole rings is 1. The molecule has 23 heavy (non-hydrogen) atoms. The first-order chi connectivity index (χ1) is 11.2. The molecule has 0 N–H and O–H groups in total. The van der Waals surface area contributed by atoms with Gasteiger partial charge < -0.3 is 14.4 Å². The molecular formula is C15H18N4O3S. The summed E-state index contributed by atoms with van der Waals surface area (Å²) in [6.45, 7) is 3.13. The summed E-state index contributed by atoms with van der Waals surface area (Å²) in [5.74, 6) is 0.846. The van der Waals surface area contributed by atoms with Crippen molar-refractivity contribution in [3.8, 4) is 11.8 Å². The molecule has 1 aliphatic rings. The minimum atomic E-state index is -0.0951. The molecule has 122 valence electrons. The number of hydrogen-bond donors (Lipinski definition) is 0. The van der Waals surface area contributed by atoms with Gasteiger partial charge in [0.25, 0.3) is 5.91 Å². The summed E-state index contributed by atoms with van der Waals surface area (Å²) in [6.07, 6.45) is 4.75. The van der Waals surface area contributed by atoms with E-state index < -0.39 is 0 Å². The Kier molecular flexibility index (Phi) is 4.71. The zero-order valence-corrected chi connectivity index (χ0v) is 13.9. The molecule has 0 radical (unpaired) electrons. The number of piperidine rings is 1. The van der Waals surface area contributed by atoms with Crippen LogP contribution >= 0.6 is 11.3 Å². The van der Waals surface area contributed by atoms with Gasteiger partial charge in [-0.15, -0.1) is 11.3 Å². The van der Waals surface area contributed by atoms with E-state index in [4.69, 9.17) is 9.47 Å². The highest BCUT2D eigenvalue weighted by Gasteiger charge is 2.27. The van der Waals surface area contributed by atoms with Gasteiger partial charge in [-0.1, -0.05) is 0 Å². The van der Waals surface area contributed by atoms with Crippen LogP contribution in [-0.2, 0) is 0 Å². The van der Waals surface area contributed by atoms with Crippen molar-refractivity contribution >= 4 is 17.2 Å². The van der Waals surface area contributed by atoms with E-state index in [-0.39, 0.29) is 12.0 Å². The first-order valence-corrected chi connectivity index (χ1v) is 8.27. The summed E-state index contributed by atoms with van der Waals surface area (Å²) in [5.41, 5.74) is 2.48. The van der Waals surface area contributed by atoms with E-state index in [1.54, 1.807) is 11.7 Å². The van der Waals surface area contributed by atoms with Crippen molar-refractivity contribution in [2.75, 3.05) is 20.2 Å². The van der Waals surface area contributed by atoms with E-state index in [0.29, 0.717) is 23.2 Å². The van der Waals surface area contributed by atoms with Gasteiger partial charge in [-0.25, -0.2) is 4.98 Å². The normalized spacial score (nSPS) is 17.8. The molecule has 2 aromatic rings. The molecule has 0 aromatic carbocycles. The van der Waals surface area contributed by atoms with Crippen LogP contribution in [0.1, 0.15) is 28.2 Å². The predicted molar refractivity (Wildman–Crippen MR) is 85.0 cm³/mol. The van der Waals surface area contributed by atoms with Gasteiger partial charge in [-0.05, 0) is 19.8 Å². The van der Waals surface area contributed by atoms with Crippen molar-refractivity contribution in [1.82, 2.24) is 19.9 Å². The van der Waals surface area contributed by atoms with Crippen molar-refractivity contribution in [1.29, 1.82) is 0 Å². The van der Waals surface area contributed by atoms with Gasteiger partial charge >= 0.3 is 0 Å². The van der Waals surface area contributed by atoms with E-state index in [2.05, 4.69) is 15.0 Å². The highest BCUT2D eigenvalue weighted by molar-refractivity contribution is 7.11. The van der Waals surface area contributed by atoms with Crippen molar-refractivity contribution in [2.24, 2.45) is 0 Å². The zero-order chi connectivity index (χ0) is 16.2. The van der Waals surface area contributed by atoms with Gasteiger partial charge in [0.2, 0.25) is 11.8 Å². The molecule has 8 heteroatoms. The Morgan fingerprint density at radius 2 is 2.22 bits per heavy atom. The van der Waals surface area contributed by atoms with Crippen LogP contribution in [0.5, 0.6) is 11.8 Å². The Morgan fingerprint density at radius 3 is 2.96 bits per heavy atom. The van der Waals surface area contributed by atoms with Crippen molar-refractivity contribution in [3.63, 3.8) is 0 Å². The molecule has 1 aliphatic heterocycles. The summed E-state index contributed by atoms with van der Waals surface area (Å²) in [5, 5.41) is 0. The number of nitrogens with zero attached hydrogens (tertiary/aromatic N) is 4. The number of likely N-dealkylation sites (tertiary alicyclic amines) is 1. The maximum atomic E-state index is 12.6. The Hall–Kier alpha value is -2.22. The van der Waals surface area contributed by atoms with E-state index in [9.17, 15) is 4.79 Å². The van der Waals surface area contributed by atoms with Crippen LogP contribution in [-0.4, -0.2) is 52.1 Å². The first kappa shape index (κ1) is 15.7. The highest BCUT2D eigenvalue weighted by atomic mass is 32.1. The lowest BCUT2D eigenvalue weighted by atomic mass is 10.1. The molecule has 1 atom stereocenters. The fourth-order valence-electron chi connectivity index (χ4n) is 2.53. The summed E-state index contributed by atoms with van der Waals surface area (Å²) in [6, 6.07) is 0. The number of aryl methyl sites for hydroxylation is 1. The van der Waals surface area contributed by atoms with Crippen LogP contribution in [0.2, 0.25) is 0 Å². The fraction of sp³-hybridized carbons (Fsp3) is 0.467. The van der Waals surface area contributed by atoms with Gasteiger partial charge in [-0.2, -0.15) is 4.98 Å². The molecule has 1 fully saturated rings. The Morgan fingerprint density at radius 1 is 1.39 bits per heavy atom. The van der Waals surface area contributed by atoms with E-state index >= 15 is 0 Å². The minimum absolute atomic E-state index is 0.0232. The molecule has 1 saturated heterocycles. The minimum Gasteiger partial charge on any atom is -0.480 e. The van der Waals surface area contributed by atoms with Crippen LogP contribution in [0.3, 0.4) is 0 Å². The molecular weight excluding hydrogens is 316 g/mol. The van der Waals surface area contributed by atoms with Crippen LogP contribution in [0.4, 0.5) is 0 Å². The van der Waals surface area contributed by atoms with Crippen LogP contribution in [0.15, 0.2) is 17.9 Å². The Balaban J connectivity index is 1.66. The molecule has 0 bridgehead atoms. The maximum absolute atomic E-state index is 12.6. The monoisotopic (exact) mass is 334 g/mol. The number of carbonyl (C=O) groups excluding carboxylic acids is 1. The quantitative estimate of drug-likeness (QED) is 0.850. The number of ether oxygens (including phenoxy) is 2. The number of carbonyl (C=O) groups is 1. The lowest BCUT2D eigenvalue weighted by Crippen LogP contribution is -2.44. The second kappa shape index (κ2) is 6.91. The summed E-state index contributed by atoms with van der Waals surface area (Å²) in [4.78, 5) is 27.5. The maximum Gasteiger partial charge on any atom is 0.265 e. The number of methoxy groups -OCH3 is 1. The molecule has 3 heterocycles. The standard InChI is InChI=1S/C15H18N4O3S/c1-10-14(23-9-17-10)15(20)19-5-3-4-11(8-19)22-13-7-16-6-12(18-13)21-2/h6-7,9,11H,3-5,8H2,1-2H3. The van der Waals surface area contributed by atoms with Gasteiger partial charge in [0.05, 0.1) is 37.3 Å². The summed E-state index contributed by atoms with van der Waals surface area (Å²) in [7, 11) is 1.53. The Bertz CT molecular complexity index is 691. The first-order valence-electron chi connectivity index (χ1n) is 7.39. The van der Waals surface area contributed by atoms with E-state index in [1.165, 1.54) is 24.6 Å². The molecule has 0 saturated carbocycles. The molecule has 2 aromatic heterocycles. The third-order valence-corrected chi connectivity index (χ3v) is 4.61. The smallest absolute Gasteiger partial charge is 0.265 e. The van der Waals surface area contributed by atoms with Gasteiger partial charge in [0.1, 0.15) is 11.0 Å². The molecule has 0 spiro atoms. The Labute approximate surface area is 138 Å². The average molecular weight is 334 g/mol. The van der Waals surface area contributed by atoms with E-state index in [0.717, 1.165) is 25.1 Å². The SMILES string of the molecule is COc1cncc(OC2CCCN(C(=O)c3scnc3C)C2)n1. The molecule has 7 nitrogen and oxygen atoms in total. The number of hydrogen-bond acceptors (Lipinski definition) is 7. The van der Waals surface area contributed by atoms with Gasteiger partial charge in [-0.3, -0.25) is 9.78 Å². The topological polar surface area (TPSA) is 77.4 Å². The third-order valence-electron chi connectivity index (χ3n) is 3.69. The van der Waals surface area contributed by atoms with Crippen LogP contribution < -0.4 is 9.47 Å². The summed E-state index contributed by atoms with van der Waals surface area (Å²) < 4.78 is 10.9. The molecule has 1 unspecified atom stereocenters. The molecule has 1 amide bonds. The second-order valence-corrected chi connectivity index (χ2v) is 6.15. The lowest BCUT2D eigenvalue weighted by Gasteiger charge is -2.32. The second-order valence-electron chi connectivity index (χ2n) is 5.30. The highest BCUT2D eigenvalue weighted by Crippen LogP contribution is 2.21. The van der Waals surface area contributed by atoms with Gasteiger partial charge in [0, 0.05) is 6.54 Å². The number of amides is 1. The largest absolute Gasteiger partial charge is 0.480 e. The summed E-state index contributed by atoms with van der Waals surface area (Å²) >= 11 is 1.38. The lowest BCUT2D eigenvalue weighted by molar-refractivity contribution is 0.0528.